The number of anilines is 4. The van der Waals surface area contributed by atoms with E-state index in [0.29, 0.717) is 46.7 Å². The Morgan fingerprint density at radius 1 is 0.850 bits per heavy atom. The summed E-state index contributed by atoms with van der Waals surface area (Å²) in [7, 11) is 2.84. The molecule has 1 amide bonds. The lowest BCUT2D eigenvalue weighted by Gasteiger charge is -2.15. The van der Waals surface area contributed by atoms with Crippen LogP contribution >= 0.6 is 0 Å². The summed E-state index contributed by atoms with van der Waals surface area (Å²) in [6, 6.07) is 18.4. The first kappa shape index (κ1) is 28.6. The Balaban J connectivity index is 1.63. The molecule has 0 unspecified atom stereocenters. The Morgan fingerprint density at radius 3 is 2.12 bits per heavy atom. The van der Waals surface area contributed by atoms with Gasteiger partial charge < -0.3 is 25.0 Å². The van der Waals surface area contributed by atoms with Crippen LogP contribution in [0.2, 0.25) is 0 Å². The maximum Gasteiger partial charge on any atom is 0.263 e. The molecule has 0 saturated heterocycles. The van der Waals surface area contributed by atoms with E-state index in [1.165, 1.54) is 26.4 Å². The molecular formula is C28H32N6O5S. The second-order valence-electron chi connectivity index (χ2n) is 9.22. The van der Waals surface area contributed by atoms with Gasteiger partial charge in [-0.15, -0.1) is 0 Å². The zero-order chi connectivity index (χ0) is 28.7. The van der Waals surface area contributed by atoms with E-state index in [0.717, 1.165) is 6.54 Å². The average Bonchev–Trinajstić information content (AvgIpc) is 2.93. The van der Waals surface area contributed by atoms with Crippen LogP contribution < -0.4 is 24.8 Å². The molecule has 0 fully saturated rings. The number of sulfonamides is 1. The minimum Gasteiger partial charge on any atom is -0.497 e. The zero-order valence-corrected chi connectivity index (χ0v) is 23.6. The van der Waals surface area contributed by atoms with Gasteiger partial charge in [0.1, 0.15) is 11.5 Å². The number of hydrogen-bond acceptors (Lipinski definition) is 9. The van der Waals surface area contributed by atoms with E-state index in [1.54, 1.807) is 48.5 Å². The number of carbonyl (C=O) groups excluding carboxylic acids is 1. The highest BCUT2D eigenvalue weighted by Crippen LogP contribution is 2.31. The summed E-state index contributed by atoms with van der Waals surface area (Å²) in [5.74, 6) is 1.07. The van der Waals surface area contributed by atoms with Crippen molar-refractivity contribution in [1.29, 1.82) is 0 Å². The van der Waals surface area contributed by atoms with Crippen LogP contribution in [0.5, 0.6) is 11.5 Å². The summed E-state index contributed by atoms with van der Waals surface area (Å²) in [6.45, 7) is 0.775. The monoisotopic (exact) mass is 564 g/mol. The van der Waals surface area contributed by atoms with E-state index in [-0.39, 0.29) is 22.4 Å². The van der Waals surface area contributed by atoms with Gasteiger partial charge in [-0.3, -0.25) is 9.52 Å². The van der Waals surface area contributed by atoms with Crippen molar-refractivity contribution in [3.63, 3.8) is 0 Å². The number of para-hydroxylation sites is 2. The molecule has 0 atom stereocenters. The molecular weight excluding hydrogens is 532 g/mol. The van der Waals surface area contributed by atoms with Gasteiger partial charge in [-0.1, -0.05) is 18.2 Å². The normalized spacial score (nSPS) is 11.3. The molecule has 12 heteroatoms. The topological polar surface area (TPSA) is 135 Å². The standard InChI is InChI=1S/C28H32N6O5S/c1-34(2)14-8-13-26(35)29-19-9-7-10-23(17-19)40(36,37)33-28-27(31-24-11-5-6-12-25(24)32-28)30-20-15-21(38-3)18-22(16-20)39-4/h5-7,9-12,15-18H,8,13-14H2,1-4H3,(H,29,35)(H,30,31)(H,32,33). The van der Waals surface area contributed by atoms with Crippen molar-refractivity contribution >= 4 is 50.0 Å². The van der Waals surface area contributed by atoms with Crippen LogP contribution in [0.1, 0.15) is 12.8 Å². The third kappa shape index (κ3) is 7.36. The highest BCUT2D eigenvalue weighted by Gasteiger charge is 2.20. The van der Waals surface area contributed by atoms with Crippen molar-refractivity contribution in [2.75, 3.05) is 50.2 Å². The fraction of sp³-hybridized carbons (Fsp3) is 0.250. The van der Waals surface area contributed by atoms with Crippen molar-refractivity contribution in [2.45, 2.75) is 17.7 Å². The van der Waals surface area contributed by atoms with Crippen molar-refractivity contribution in [3.8, 4) is 11.5 Å². The predicted molar refractivity (Wildman–Crippen MR) is 156 cm³/mol. The summed E-state index contributed by atoms with van der Waals surface area (Å²) >= 11 is 0. The Bertz CT molecular complexity index is 1590. The smallest absolute Gasteiger partial charge is 0.263 e. The number of carbonyl (C=O) groups is 1. The lowest BCUT2D eigenvalue weighted by atomic mass is 10.2. The maximum absolute atomic E-state index is 13.5. The van der Waals surface area contributed by atoms with Gasteiger partial charge in [0.25, 0.3) is 10.0 Å². The number of aromatic nitrogens is 2. The molecule has 4 rings (SSSR count). The molecule has 40 heavy (non-hydrogen) atoms. The minimum absolute atomic E-state index is 0.00129. The van der Waals surface area contributed by atoms with Crippen LogP contribution in [-0.4, -0.2) is 64.1 Å². The summed E-state index contributed by atoms with van der Waals surface area (Å²) in [4.78, 5) is 23.4. The van der Waals surface area contributed by atoms with Gasteiger partial charge in [0.15, 0.2) is 11.6 Å². The fourth-order valence-electron chi connectivity index (χ4n) is 3.88. The first-order valence-corrected chi connectivity index (χ1v) is 14.0. The van der Waals surface area contributed by atoms with Crippen LogP contribution in [0.3, 0.4) is 0 Å². The third-order valence-electron chi connectivity index (χ3n) is 5.85. The molecule has 0 aliphatic rings. The summed E-state index contributed by atoms with van der Waals surface area (Å²) < 4.78 is 40.2. The maximum atomic E-state index is 13.5. The van der Waals surface area contributed by atoms with Crippen LogP contribution in [-0.2, 0) is 14.8 Å². The van der Waals surface area contributed by atoms with Crippen molar-refractivity contribution < 1.29 is 22.7 Å². The van der Waals surface area contributed by atoms with Crippen LogP contribution in [0.15, 0.2) is 71.6 Å². The van der Waals surface area contributed by atoms with E-state index in [2.05, 4.69) is 25.3 Å². The number of benzene rings is 3. The van der Waals surface area contributed by atoms with Crippen molar-refractivity contribution in [3.05, 3.63) is 66.7 Å². The average molecular weight is 565 g/mol. The quantitative estimate of drug-likeness (QED) is 0.228. The highest BCUT2D eigenvalue weighted by molar-refractivity contribution is 7.92. The Hall–Kier alpha value is -4.42. The molecule has 0 saturated carbocycles. The second-order valence-corrected chi connectivity index (χ2v) is 10.9. The number of fused-ring (bicyclic) bond motifs is 1. The van der Waals surface area contributed by atoms with Gasteiger partial charge in [-0.05, 0) is 57.4 Å². The highest BCUT2D eigenvalue weighted by atomic mass is 32.2. The molecule has 3 N–H and O–H groups in total. The second kappa shape index (κ2) is 12.6. The summed E-state index contributed by atoms with van der Waals surface area (Å²) in [5.41, 5.74) is 2.01. The largest absolute Gasteiger partial charge is 0.497 e. The Kier molecular flexibility index (Phi) is 9.02. The van der Waals surface area contributed by atoms with Crippen LogP contribution in [0.25, 0.3) is 11.0 Å². The van der Waals surface area contributed by atoms with Crippen molar-refractivity contribution in [1.82, 2.24) is 14.9 Å². The van der Waals surface area contributed by atoms with Gasteiger partial charge in [0.2, 0.25) is 5.91 Å². The first-order valence-electron chi connectivity index (χ1n) is 12.5. The number of amides is 1. The number of nitrogens with one attached hydrogen (secondary N) is 3. The number of hydrogen-bond donors (Lipinski definition) is 3. The van der Waals surface area contributed by atoms with Gasteiger partial charge in [-0.25, -0.2) is 18.4 Å². The zero-order valence-electron chi connectivity index (χ0n) is 22.8. The van der Waals surface area contributed by atoms with Gasteiger partial charge >= 0.3 is 0 Å². The van der Waals surface area contributed by atoms with E-state index in [9.17, 15) is 13.2 Å². The summed E-state index contributed by atoms with van der Waals surface area (Å²) in [6.07, 6.45) is 1.01. The molecule has 1 aromatic heterocycles. The first-order chi connectivity index (χ1) is 19.2. The predicted octanol–water partition coefficient (Wildman–Crippen LogP) is 4.47. The van der Waals surface area contributed by atoms with E-state index in [4.69, 9.17) is 9.47 Å². The van der Waals surface area contributed by atoms with E-state index in [1.807, 2.05) is 25.1 Å². The molecule has 210 valence electrons. The molecule has 0 bridgehead atoms. The van der Waals surface area contributed by atoms with Gasteiger partial charge in [0.05, 0.1) is 30.1 Å². The minimum atomic E-state index is -4.11. The lowest BCUT2D eigenvalue weighted by molar-refractivity contribution is -0.116. The van der Waals surface area contributed by atoms with Gasteiger partial charge in [-0.2, -0.15) is 0 Å². The SMILES string of the molecule is COc1cc(Nc2nc3ccccc3nc2NS(=O)(=O)c2cccc(NC(=O)CCCN(C)C)c2)cc(OC)c1. The molecule has 11 nitrogen and oxygen atoms in total. The number of rotatable bonds is 12. The third-order valence-corrected chi connectivity index (χ3v) is 7.19. The molecule has 1 heterocycles. The molecule has 0 aliphatic carbocycles. The number of nitrogens with zero attached hydrogens (tertiary/aromatic N) is 3. The Morgan fingerprint density at radius 2 is 1.50 bits per heavy atom. The molecule has 0 aliphatic heterocycles. The lowest BCUT2D eigenvalue weighted by Crippen LogP contribution is -2.18. The molecule has 0 radical (unpaired) electrons. The van der Waals surface area contributed by atoms with Crippen LogP contribution in [0.4, 0.5) is 23.0 Å². The van der Waals surface area contributed by atoms with Crippen LogP contribution in [0, 0.1) is 0 Å². The molecule has 4 aromatic rings. The Labute approximate surface area is 233 Å². The van der Waals surface area contributed by atoms with Gasteiger partial charge in [0, 0.05) is 36.0 Å². The molecule has 3 aromatic carbocycles. The fourth-order valence-corrected chi connectivity index (χ4v) is 4.94. The van der Waals surface area contributed by atoms with Crippen molar-refractivity contribution in [2.24, 2.45) is 0 Å². The number of methoxy groups -OCH3 is 2. The van der Waals surface area contributed by atoms with E-state index < -0.39 is 10.0 Å². The van der Waals surface area contributed by atoms with E-state index >= 15 is 0 Å². The number of ether oxygens (including phenoxy) is 2. The molecule has 0 spiro atoms. The summed E-state index contributed by atoms with van der Waals surface area (Å²) in [5, 5.41) is 5.90.